The second-order valence-corrected chi connectivity index (χ2v) is 3.49. The molecule has 0 aliphatic rings. The van der Waals surface area contributed by atoms with Crippen LogP contribution < -0.4 is 4.74 Å². The highest BCUT2D eigenvalue weighted by molar-refractivity contribution is 5.80. The second-order valence-electron chi connectivity index (χ2n) is 3.49. The molecule has 0 saturated carbocycles. The average molecular weight is 363 g/mol. The van der Waals surface area contributed by atoms with Gasteiger partial charge in [0.15, 0.2) is 6.29 Å². The number of ether oxygens (including phenoxy) is 2. The summed E-state index contributed by atoms with van der Waals surface area (Å²) in [5, 5.41) is 0. The van der Waals surface area contributed by atoms with E-state index in [2.05, 4.69) is 31.6 Å². The maximum atomic E-state index is 11.0. The van der Waals surface area contributed by atoms with E-state index >= 15 is 0 Å². The van der Waals surface area contributed by atoms with Crippen LogP contribution in [-0.2, 0) is 22.6 Å². The molecule has 0 unspecified atom stereocenters. The van der Waals surface area contributed by atoms with Gasteiger partial charge >= 0.3 is 0 Å². The quantitative estimate of drug-likeness (QED) is 0.554. The van der Waals surface area contributed by atoms with Gasteiger partial charge in [0.25, 0.3) is 0 Å². The Kier molecular flexibility index (Phi) is 44.4. The maximum Gasteiger partial charge on any atom is 0.153 e. The van der Waals surface area contributed by atoms with E-state index in [9.17, 15) is 4.79 Å². The summed E-state index contributed by atoms with van der Waals surface area (Å²) in [5.41, 5.74) is 2.34. The number of carbonyl (C=O) groups is 2. The fourth-order valence-electron chi connectivity index (χ4n) is 1.68. The van der Waals surface area contributed by atoms with E-state index in [4.69, 9.17) is 20.7 Å². The van der Waals surface area contributed by atoms with Crippen LogP contribution in [0.3, 0.4) is 0 Å². The number of aldehydes is 1. The fourth-order valence-corrected chi connectivity index (χ4v) is 1.68. The summed E-state index contributed by atoms with van der Waals surface area (Å²) >= 11 is 0. The first-order chi connectivity index (χ1) is 11.3. The van der Waals surface area contributed by atoms with Crippen molar-refractivity contribution in [1.82, 2.24) is 0 Å². The number of hydrogen-bond donors (Lipinski definition) is 0. The largest absolute Gasteiger partial charge is 0.493 e. The number of hydrogen-bond acceptors (Lipinski definition) is 4. The standard InChI is InChI=1S/C14H16O3.2C2H2.CH2O.3CH4/c1-4-6-13-12(10-16-3)8-7-11(9-15)14(13)17-5-2;3*1-2;;;/h1,7-9H,5-6,10H2,2-3H3;2*1-2H;1H2;3*1H4. The lowest BCUT2D eigenvalue weighted by atomic mass is 10.0. The minimum Gasteiger partial charge on any atom is -0.493 e. The highest BCUT2D eigenvalue weighted by Gasteiger charge is 2.13. The molecule has 146 valence electrons. The van der Waals surface area contributed by atoms with Crippen LogP contribution in [0.4, 0.5) is 0 Å². The summed E-state index contributed by atoms with van der Waals surface area (Å²) in [4.78, 5) is 19.0. The Balaban J connectivity index is -0.000000101. The van der Waals surface area contributed by atoms with Crippen molar-refractivity contribution in [2.75, 3.05) is 13.7 Å². The molecule has 0 spiro atoms. The molecule has 0 radical (unpaired) electrons. The molecule has 4 heteroatoms. The lowest BCUT2D eigenvalue weighted by Crippen LogP contribution is -2.04. The molecule has 0 aromatic heterocycles. The third-order valence-corrected chi connectivity index (χ3v) is 2.38. The Labute approximate surface area is 161 Å². The molecule has 0 atom stereocenters. The van der Waals surface area contributed by atoms with Gasteiger partial charge in [0, 0.05) is 19.1 Å². The molecule has 0 heterocycles. The van der Waals surface area contributed by atoms with Crippen molar-refractivity contribution in [3.05, 3.63) is 28.8 Å². The van der Waals surface area contributed by atoms with Gasteiger partial charge < -0.3 is 14.3 Å². The normalized spacial score (nSPS) is 6.65. The molecule has 0 aliphatic carbocycles. The van der Waals surface area contributed by atoms with E-state index in [1.807, 2.05) is 19.8 Å². The van der Waals surface area contributed by atoms with E-state index < -0.39 is 0 Å². The third-order valence-electron chi connectivity index (χ3n) is 2.38. The zero-order valence-corrected chi connectivity index (χ0v) is 13.6. The number of terminal acetylenes is 3. The van der Waals surface area contributed by atoms with Crippen molar-refractivity contribution in [2.45, 2.75) is 42.2 Å². The molecule has 0 amide bonds. The molecule has 0 saturated heterocycles. The van der Waals surface area contributed by atoms with Gasteiger partial charge in [0.1, 0.15) is 12.5 Å². The summed E-state index contributed by atoms with van der Waals surface area (Å²) in [6.45, 7) is 4.82. The van der Waals surface area contributed by atoms with Crippen LogP contribution in [0.25, 0.3) is 0 Å². The van der Waals surface area contributed by atoms with Crippen LogP contribution in [0.5, 0.6) is 5.75 Å². The monoisotopic (exact) mass is 362 g/mol. The van der Waals surface area contributed by atoms with Gasteiger partial charge in [0.05, 0.1) is 18.8 Å². The number of benzene rings is 1. The molecule has 1 aromatic carbocycles. The van der Waals surface area contributed by atoms with Crippen LogP contribution in [0, 0.1) is 38.0 Å². The smallest absolute Gasteiger partial charge is 0.153 e. The van der Waals surface area contributed by atoms with Crippen molar-refractivity contribution in [3.63, 3.8) is 0 Å². The van der Waals surface area contributed by atoms with Crippen molar-refractivity contribution < 1.29 is 19.1 Å². The first-order valence-electron chi connectivity index (χ1n) is 6.39. The molecule has 4 nitrogen and oxygen atoms in total. The molecule has 1 aromatic rings. The molecule has 1 rings (SSSR count). The lowest BCUT2D eigenvalue weighted by molar-refractivity contribution is -0.0980. The minimum absolute atomic E-state index is 0. The number of methoxy groups -OCH3 is 1. The molecule has 26 heavy (non-hydrogen) atoms. The number of carbonyl (C=O) groups excluding carboxylic acids is 2. The third kappa shape index (κ3) is 13.4. The predicted molar refractivity (Wildman–Crippen MR) is 113 cm³/mol. The van der Waals surface area contributed by atoms with Gasteiger partial charge in [-0.2, -0.15) is 0 Å². The number of rotatable bonds is 6. The Morgan fingerprint density at radius 3 is 1.96 bits per heavy atom. The summed E-state index contributed by atoms with van der Waals surface area (Å²) in [6.07, 6.45) is 22.6. The van der Waals surface area contributed by atoms with Crippen molar-refractivity contribution in [2.24, 2.45) is 0 Å². The van der Waals surface area contributed by atoms with Gasteiger partial charge in [-0.15, -0.1) is 38.0 Å². The first-order valence-corrected chi connectivity index (χ1v) is 6.39. The molecular weight excluding hydrogens is 328 g/mol. The first kappa shape index (κ1) is 38.5. The molecule has 0 fully saturated rings. The van der Waals surface area contributed by atoms with E-state index in [1.54, 1.807) is 13.2 Å². The Bertz CT molecular complexity index is 516. The van der Waals surface area contributed by atoms with Gasteiger partial charge in [0.2, 0.25) is 0 Å². The summed E-state index contributed by atoms with van der Waals surface area (Å²) in [6, 6.07) is 3.58. The van der Waals surface area contributed by atoms with Gasteiger partial charge in [-0.25, -0.2) is 0 Å². The van der Waals surface area contributed by atoms with E-state index in [1.165, 1.54) is 0 Å². The van der Waals surface area contributed by atoms with Crippen LogP contribution in [-0.4, -0.2) is 26.8 Å². The zero-order chi connectivity index (χ0) is 18.7. The zero-order valence-electron chi connectivity index (χ0n) is 13.6. The molecular formula is C22H34O4. The summed E-state index contributed by atoms with van der Waals surface area (Å²) in [5.74, 6) is 3.16. The Morgan fingerprint density at radius 1 is 1.12 bits per heavy atom. The van der Waals surface area contributed by atoms with E-state index in [-0.39, 0.29) is 22.3 Å². The van der Waals surface area contributed by atoms with Crippen LogP contribution in [0.15, 0.2) is 12.1 Å². The lowest BCUT2D eigenvalue weighted by Gasteiger charge is -2.15. The van der Waals surface area contributed by atoms with E-state index in [0.717, 1.165) is 17.4 Å². The van der Waals surface area contributed by atoms with Gasteiger partial charge in [-0.05, 0) is 18.6 Å². The van der Waals surface area contributed by atoms with Crippen LogP contribution in [0.1, 0.15) is 50.7 Å². The summed E-state index contributed by atoms with van der Waals surface area (Å²) in [7, 11) is 1.62. The molecule has 0 aliphatic heterocycles. The fraction of sp³-hybridized carbons (Fsp3) is 0.364. The minimum atomic E-state index is 0. The highest BCUT2D eigenvalue weighted by Crippen LogP contribution is 2.27. The summed E-state index contributed by atoms with van der Waals surface area (Å²) < 4.78 is 10.6. The Morgan fingerprint density at radius 2 is 1.62 bits per heavy atom. The average Bonchev–Trinajstić information content (AvgIpc) is 2.63. The van der Waals surface area contributed by atoms with Crippen LogP contribution in [0.2, 0.25) is 0 Å². The predicted octanol–water partition coefficient (Wildman–Crippen LogP) is 4.44. The molecule has 0 bridgehead atoms. The Hall–Kier alpha value is -3.00. The highest BCUT2D eigenvalue weighted by atomic mass is 16.5. The van der Waals surface area contributed by atoms with Gasteiger partial charge in [-0.1, -0.05) is 28.3 Å². The van der Waals surface area contributed by atoms with Crippen molar-refractivity contribution >= 4 is 13.1 Å². The van der Waals surface area contributed by atoms with E-state index in [0.29, 0.717) is 30.9 Å². The second kappa shape index (κ2) is 29.9. The topological polar surface area (TPSA) is 52.6 Å². The van der Waals surface area contributed by atoms with Gasteiger partial charge in [-0.3, -0.25) is 4.79 Å². The maximum absolute atomic E-state index is 11.0. The van der Waals surface area contributed by atoms with Crippen LogP contribution >= 0.6 is 0 Å². The van der Waals surface area contributed by atoms with Crippen molar-refractivity contribution in [3.8, 4) is 43.8 Å². The van der Waals surface area contributed by atoms with Crippen molar-refractivity contribution in [1.29, 1.82) is 0 Å². The SMILES string of the molecule is C.C.C.C#C.C#C.C#CCc1c(COC)ccc(C=O)c1OCC.C=O. The molecule has 0 N–H and O–H groups in total.